The monoisotopic (exact) mass is 357 g/mol. The summed E-state index contributed by atoms with van der Waals surface area (Å²) in [6.07, 6.45) is 9.51. The van der Waals surface area contributed by atoms with E-state index in [9.17, 15) is 0 Å². The molecule has 0 unspecified atom stereocenters. The molecular formula is C18H19N3OS2. The normalized spacial score (nSPS) is 14.1. The lowest BCUT2D eigenvalue weighted by Gasteiger charge is -2.07. The van der Waals surface area contributed by atoms with E-state index in [1.165, 1.54) is 22.1 Å². The van der Waals surface area contributed by atoms with E-state index in [-0.39, 0.29) is 0 Å². The smallest absolute Gasteiger partial charge is 0.120 e. The summed E-state index contributed by atoms with van der Waals surface area (Å²) in [5.74, 6) is 0.870. The first-order chi connectivity index (χ1) is 11.7. The van der Waals surface area contributed by atoms with Gasteiger partial charge in [-0.05, 0) is 43.0 Å². The Balaban J connectivity index is 1.63. The molecule has 2 heterocycles. The minimum atomic E-state index is 0.600. The van der Waals surface area contributed by atoms with Crippen molar-refractivity contribution in [1.29, 1.82) is 0 Å². The third-order valence-electron chi connectivity index (χ3n) is 4.02. The summed E-state index contributed by atoms with van der Waals surface area (Å²) in [6, 6.07) is 6.95. The highest BCUT2D eigenvalue weighted by Gasteiger charge is 2.24. The van der Waals surface area contributed by atoms with Crippen molar-refractivity contribution < 1.29 is 4.74 Å². The van der Waals surface area contributed by atoms with Crippen LogP contribution in [-0.4, -0.2) is 21.9 Å². The predicted molar refractivity (Wildman–Crippen MR) is 98.1 cm³/mol. The lowest BCUT2D eigenvalue weighted by molar-refractivity contribution is 0.414. The molecule has 0 bridgehead atoms. The summed E-state index contributed by atoms with van der Waals surface area (Å²) in [6.45, 7) is 2.13. The number of rotatable bonds is 6. The average molecular weight is 358 g/mol. The Morgan fingerprint density at radius 1 is 1.25 bits per heavy atom. The maximum absolute atomic E-state index is 5.49. The number of benzene rings is 1. The molecule has 2 aromatic heterocycles. The van der Waals surface area contributed by atoms with Crippen molar-refractivity contribution >= 4 is 23.1 Å². The van der Waals surface area contributed by atoms with Crippen molar-refractivity contribution in [3.63, 3.8) is 0 Å². The molecule has 0 radical (unpaired) electrons. The molecule has 1 fully saturated rings. The second-order valence-electron chi connectivity index (χ2n) is 5.87. The van der Waals surface area contributed by atoms with Gasteiger partial charge in [0.15, 0.2) is 0 Å². The maximum atomic E-state index is 5.49. The number of hydrogen-bond acceptors (Lipinski definition) is 5. The molecule has 6 heteroatoms. The molecule has 24 heavy (non-hydrogen) atoms. The van der Waals surface area contributed by atoms with Crippen LogP contribution in [0.4, 0.5) is 0 Å². The SMILES string of the molecule is CCc1ncc(Sc2cc(OC)cc(-c3cnn(C4CC4)c3)c2)s1. The standard InChI is InChI=1S/C18H19N3OS2/c1-3-17-19-10-18(24-17)23-16-7-12(6-15(8-16)22-2)13-9-20-21(11-13)14-4-5-14/h6-11,14H,3-5H2,1-2H3. The Morgan fingerprint density at radius 3 is 2.83 bits per heavy atom. The second kappa shape index (κ2) is 6.61. The number of methoxy groups -OCH3 is 1. The number of aromatic nitrogens is 3. The van der Waals surface area contributed by atoms with Crippen LogP contribution in [0.5, 0.6) is 5.75 Å². The summed E-state index contributed by atoms with van der Waals surface area (Å²) < 4.78 is 8.78. The lowest BCUT2D eigenvalue weighted by atomic mass is 10.1. The molecule has 0 spiro atoms. The van der Waals surface area contributed by atoms with Gasteiger partial charge in [-0.2, -0.15) is 5.10 Å². The van der Waals surface area contributed by atoms with E-state index in [1.807, 2.05) is 12.4 Å². The fourth-order valence-corrected chi connectivity index (χ4v) is 4.59. The maximum Gasteiger partial charge on any atom is 0.120 e. The van der Waals surface area contributed by atoms with Gasteiger partial charge in [0.25, 0.3) is 0 Å². The van der Waals surface area contributed by atoms with E-state index >= 15 is 0 Å². The highest BCUT2D eigenvalue weighted by atomic mass is 32.2. The van der Waals surface area contributed by atoms with Crippen LogP contribution < -0.4 is 4.74 Å². The van der Waals surface area contributed by atoms with Gasteiger partial charge in [-0.25, -0.2) is 4.98 Å². The molecule has 1 aromatic carbocycles. The summed E-state index contributed by atoms with van der Waals surface area (Å²) in [4.78, 5) is 5.60. The zero-order chi connectivity index (χ0) is 16.5. The lowest BCUT2D eigenvalue weighted by Crippen LogP contribution is -1.92. The number of nitrogens with zero attached hydrogens (tertiary/aromatic N) is 3. The van der Waals surface area contributed by atoms with Crippen molar-refractivity contribution in [3.8, 4) is 16.9 Å². The quantitative estimate of drug-likeness (QED) is 0.618. The third-order valence-corrected chi connectivity index (χ3v) is 6.24. The van der Waals surface area contributed by atoms with Crippen molar-refractivity contribution in [1.82, 2.24) is 14.8 Å². The molecule has 124 valence electrons. The zero-order valence-corrected chi connectivity index (χ0v) is 15.4. The predicted octanol–water partition coefficient (Wildman–Crippen LogP) is 5.06. The first kappa shape index (κ1) is 15.7. The highest BCUT2D eigenvalue weighted by molar-refractivity contribution is 8.01. The van der Waals surface area contributed by atoms with E-state index in [0.717, 1.165) is 28.2 Å². The van der Waals surface area contributed by atoms with Crippen LogP contribution in [0.25, 0.3) is 11.1 Å². The molecule has 1 saturated carbocycles. The van der Waals surface area contributed by atoms with Crippen LogP contribution in [-0.2, 0) is 6.42 Å². The Kier molecular flexibility index (Phi) is 4.33. The van der Waals surface area contributed by atoms with Crippen molar-refractivity contribution in [2.45, 2.75) is 41.3 Å². The van der Waals surface area contributed by atoms with Gasteiger partial charge in [-0.3, -0.25) is 4.68 Å². The van der Waals surface area contributed by atoms with Crippen LogP contribution >= 0.6 is 23.1 Å². The Hall–Kier alpha value is -1.79. The third kappa shape index (κ3) is 3.35. The number of hydrogen-bond donors (Lipinski definition) is 0. The second-order valence-corrected chi connectivity index (χ2v) is 8.36. The Bertz CT molecular complexity index is 852. The molecule has 0 atom stereocenters. The van der Waals surface area contributed by atoms with Crippen molar-refractivity contribution in [2.24, 2.45) is 0 Å². The molecule has 0 amide bonds. The van der Waals surface area contributed by atoms with Gasteiger partial charge in [0.05, 0.1) is 34.8 Å². The van der Waals surface area contributed by atoms with E-state index in [2.05, 4.69) is 46.1 Å². The number of aryl methyl sites for hydroxylation is 1. The van der Waals surface area contributed by atoms with Gasteiger partial charge in [0.2, 0.25) is 0 Å². The average Bonchev–Trinajstić information content (AvgIpc) is 3.16. The van der Waals surface area contributed by atoms with Gasteiger partial charge in [0, 0.05) is 16.7 Å². The fraction of sp³-hybridized carbons (Fsp3) is 0.333. The summed E-state index contributed by atoms with van der Waals surface area (Å²) >= 11 is 3.49. The molecule has 1 aliphatic carbocycles. The molecule has 4 rings (SSSR count). The molecule has 3 aromatic rings. The summed E-state index contributed by atoms with van der Waals surface area (Å²) in [5.41, 5.74) is 2.28. The molecule has 0 aliphatic heterocycles. The van der Waals surface area contributed by atoms with Crippen LogP contribution in [0.2, 0.25) is 0 Å². The Labute approximate surface area is 149 Å². The first-order valence-corrected chi connectivity index (χ1v) is 9.74. The van der Waals surface area contributed by atoms with Crippen LogP contribution in [0.3, 0.4) is 0 Å². The van der Waals surface area contributed by atoms with Crippen molar-refractivity contribution in [2.75, 3.05) is 7.11 Å². The largest absolute Gasteiger partial charge is 0.497 e. The fourth-order valence-electron chi connectivity index (χ4n) is 2.56. The molecule has 0 saturated heterocycles. The topological polar surface area (TPSA) is 39.9 Å². The number of ether oxygens (including phenoxy) is 1. The van der Waals surface area contributed by atoms with Crippen LogP contribution in [0.1, 0.15) is 30.8 Å². The number of thiazole rings is 1. The van der Waals surface area contributed by atoms with E-state index in [0.29, 0.717) is 6.04 Å². The van der Waals surface area contributed by atoms with Crippen LogP contribution in [0.15, 0.2) is 45.9 Å². The minimum absolute atomic E-state index is 0.600. The summed E-state index contributed by atoms with van der Waals surface area (Å²) in [7, 11) is 1.71. The van der Waals surface area contributed by atoms with Gasteiger partial charge >= 0.3 is 0 Å². The van der Waals surface area contributed by atoms with E-state index in [4.69, 9.17) is 4.74 Å². The minimum Gasteiger partial charge on any atom is -0.497 e. The first-order valence-electron chi connectivity index (χ1n) is 8.11. The van der Waals surface area contributed by atoms with Gasteiger partial charge in [0.1, 0.15) is 5.75 Å². The molecule has 1 aliphatic rings. The Morgan fingerprint density at radius 2 is 2.12 bits per heavy atom. The molecule has 0 N–H and O–H groups in total. The summed E-state index contributed by atoms with van der Waals surface area (Å²) in [5, 5.41) is 5.67. The molecular weight excluding hydrogens is 338 g/mol. The van der Waals surface area contributed by atoms with Crippen LogP contribution in [0, 0.1) is 0 Å². The van der Waals surface area contributed by atoms with Gasteiger partial charge in [-0.15, -0.1) is 11.3 Å². The van der Waals surface area contributed by atoms with Gasteiger partial charge < -0.3 is 4.74 Å². The molecule has 4 nitrogen and oxygen atoms in total. The van der Waals surface area contributed by atoms with E-state index in [1.54, 1.807) is 30.2 Å². The zero-order valence-electron chi connectivity index (χ0n) is 13.7. The van der Waals surface area contributed by atoms with Gasteiger partial charge in [-0.1, -0.05) is 18.7 Å². The highest BCUT2D eigenvalue weighted by Crippen LogP contribution is 2.38. The van der Waals surface area contributed by atoms with Crippen molar-refractivity contribution in [3.05, 3.63) is 41.8 Å². The van der Waals surface area contributed by atoms with E-state index < -0.39 is 0 Å².